The zero-order chi connectivity index (χ0) is 44.4. The molecule has 0 aromatic rings. The van der Waals surface area contributed by atoms with Gasteiger partial charge in [-0.2, -0.15) is 0 Å². The van der Waals surface area contributed by atoms with Crippen LogP contribution in [0.5, 0.6) is 0 Å². The maximum Gasteiger partial charge on any atom is 0.305 e. The predicted octanol–water partition coefficient (Wildman–Crippen LogP) is 15.8. The Kier molecular flexibility index (Phi) is 48.7. The van der Waals surface area contributed by atoms with Crippen LogP contribution in [0.2, 0.25) is 0 Å². The number of carbonyl (C=O) groups excluding carboxylic acids is 2. The summed E-state index contributed by atoms with van der Waals surface area (Å²) >= 11 is 0. The minimum atomic E-state index is -0.860. The Morgan fingerprint density at radius 2 is 0.836 bits per heavy atom. The van der Waals surface area contributed by atoms with Gasteiger partial charge in [0.1, 0.15) is 0 Å². The summed E-state index contributed by atoms with van der Waals surface area (Å²) in [5.41, 5.74) is 0. The summed E-state index contributed by atoms with van der Waals surface area (Å²) in [6, 6.07) is -0.645. The van der Waals surface area contributed by atoms with Gasteiger partial charge in [-0.3, -0.25) is 9.59 Å². The Morgan fingerprint density at radius 3 is 1.31 bits per heavy atom. The number of hydrogen-bond acceptors (Lipinski definition) is 5. The highest BCUT2D eigenvalue weighted by Crippen LogP contribution is 2.15. The molecule has 1 amide bonds. The van der Waals surface area contributed by atoms with E-state index in [1.54, 1.807) is 6.08 Å². The third kappa shape index (κ3) is 47.1. The van der Waals surface area contributed by atoms with E-state index in [0.717, 1.165) is 77.0 Å². The SMILES string of the molecule is CCCC/C=C\CCCCCCCC(=O)OCCCCC/C=C\C=C/CCCCCCCCC(=O)NC(CO)C(O)/C=C/CCCCCCCCCCCCCCCCCC. The van der Waals surface area contributed by atoms with Gasteiger partial charge in [0.2, 0.25) is 5.91 Å². The van der Waals surface area contributed by atoms with Gasteiger partial charge in [-0.25, -0.2) is 0 Å². The molecule has 61 heavy (non-hydrogen) atoms. The Hall–Kier alpha value is -2.18. The van der Waals surface area contributed by atoms with Gasteiger partial charge in [-0.05, 0) is 83.5 Å². The van der Waals surface area contributed by atoms with Crippen LogP contribution in [-0.4, -0.2) is 47.4 Å². The summed E-state index contributed by atoms with van der Waals surface area (Å²) in [6.45, 7) is 4.80. The van der Waals surface area contributed by atoms with Crippen LogP contribution in [-0.2, 0) is 14.3 Å². The van der Waals surface area contributed by atoms with E-state index in [0.29, 0.717) is 19.4 Å². The average Bonchev–Trinajstić information content (AvgIpc) is 3.26. The van der Waals surface area contributed by atoms with Crippen LogP contribution in [0.25, 0.3) is 0 Å². The van der Waals surface area contributed by atoms with Crippen molar-refractivity contribution in [3.8, 4) is 0 Å². The van der Waals surface area contributed by atoms with E-state index >= 15 is 0 Å². The van der Waals surface area contributed by atoms with Crippen LogP contribution in [0.4, 0.5) is 0 Å². The van der Waals surface area contributed by atoms with Crippen LogP contribution in [0, 0.1) is 0 Å². The second kappa shape index (κ2) is 50.5. The molecular weight excluding hydrogens is 755 g/mol. The average molecular weight is 856 g/mol. The minimum absolute atomic E-state index is 0.0346. The number of allylic oxidation sites excluding steroid dienone is 7. The second-order valence-corrected chi connectivity index (χ2v) is 17.9. The largest absolute Gasteiger partial charge is 0.466 e. The maximum atomic E-state index is 12.4. The molecule has 0 rings (SSSR count). The van der Waals surface area contributed by atoms with E-state index in [-0.39, 0.29) is 18.5 Å². The first-order valence-electron chi connectivity index (χ1n) is 26.4. The second-order valence-electron chi connectivity index (χ2n) is 17.9. The van der Waals surface area contributed by atoms with Gasteiger partial charge in [0, 0.05) is 12.8 Å². The number of hydrogen-bond donors (Lipinski definition) is 3. The number of aliphatic hydroxyl groups is 2. The number of nitrogens with one attached hydrogen (secondary N) is 1. The number of amides is 1. The molecular formula is C55H101NO5. The summed E-state index contributed by atoms with van der Waals surface area (Å²) in [6.07, 6.45) is 62.6. The van der Waals surface area contributed by atoms with Crippen LogP contribution in [0.1, 0.15) is 264 Å². The lowest BCUT2D eigenvalue weighted by atomic mass is 10.0. The molecule has 2 unspecified atom stereocenters. The molecule has 6 nitrogen and oxygen atoms in total. The molecule has 0 saturated heterocycles. The molecule has 0 radical (unpaired) electrons. The number of ether oxygens (including phenoxy) is 1. The Labute approximate surface area is 378 Å². The van der Waals surface area contributed by atoms with Crippen molar-refractivity contribution in [2.24, 2.45) is 0 Å². The molecule has 0 aromatic carbocycles. The third-order valence-electron chi connectivity index (χ3n) is 11.8. The number of carbonyl (C=O) groups is 2. The molecule has 0 fully saturated rings. The standard InChI is InChI=1S/C55H101NO5/c1-3-5-7-9-11-13-15-16-17-18-19-21-24-28-31-35-39-43-47-53(58)52(51-57)56-54(59)48-44-40-36-32-29-25-22-20-23-26-30-34-38-42-46-50-61-55(60)49-45-41-37-33-27-14-12-10-8-6-4-2/h10,12,20,23,26,30,43,47,52-53,57-58H,3-9,11,13-19,21-22,24-25,27-29,31-42,44-46,48-51H2,1-2H3,(H,56,59)/b12-10-,23-20-,30-26-,47-43+. The van der Waals surface area contributed by atoms with Gasteiger partial charge in [0.15, 0.2) is 0 Å². The Bertz CT molecular complexity index is 1040. The molecule has 0 bridgehead atoms. The topological polar surface area (TPSA) is 95.9 Å². The van der Waals surface area contributed by atoms with Crippen LogP contribution in [0.3, 0.4) is 0 Å². The van der Waals surface area contributed by atoms with Crippen LogP contribution < -0.4 is 5.32 Å². The molecule has 0 heterocycles. The van der Waals surface area contributed by atoms with Crippen LogP contribution in [0.15, 0.2) is 48.6 Å². The van der Waals surface area contributed by atoms with Crippen molar-refractivity contribution in [2.45, 2.75) is 276 Å². The normalized spacial score (nSPS) is 13.0. The lowest BCUT2D eigenvalue weighted by Crippen LogP contribution is -2.45. The third-order valence-corrected chi connectivity index (χ3v) is 11.8. The van der Waals surface area contributed by atoms with Crippen molar-refractivity contribution in [3.05, 3.63) is 48.6 Å². The number of aliphatic hydroxyl groups excluding tert-OH is 2. The quantitative estimate of drug-likeness (QED) is 0.0245. The highest BCUT2D eigenvalue weighted by molar-refractivity contribution is 5.76. The van der Waals surface area contributed by atoms with E-state index in [2.05, 4.69) is 55.6 Å². The summed E-state index contributed by atoms with van der Waals surface area (Å²) < 4.78 is 5.41. The van der Waals surface area contributed by atoms with Crippen molar-refractivity contribution >= 4 is 11.9 Å². The number of unbranched alkanes of at least 4 members (excludes halogenated alkanes) is 32. The maximum absolute atomic E-state index is 12.4. The summed E-state index contributed by atoms with van der Waals surface area (Å²) in [4.78, 5) is 24.4. The first-order chi connectivity index (χ1) is 30.0. The molecule has 356 valence electrons. The fraction of sp³-hybridized carbons (Fsp3) is 0.818. The molecule has 0 saturated carbocycles. The highest BCUT2D eigenvalue weighted by Gasteiger charge is 2.18. The molecule has 0 aliphatic carbocycles. The molecule has 2 atom stereocenters. The molecule has 3 N–H and O–H groups in total. The van der Waals surface area contributed by atoms with Gasteiger partial charge in [0.05, 0.1) is 25.4 Å². The molecule has 0 spiro atoms. The Balaban J connectivity index is 3.58. The highest BCUT2D eigenvalue weighted by atomic mass is 16.5. The van der Waals surface area contributed by atoms with Gasteiger partial charge < -0.3 is 20.3 Å². The molecule has 6 heteroatoms. The fourth-order valence-electron chi connectivity index (χ4n) is 7.72. The predicted molar refractivity (Wildman–Crippen MR) is 264 cm³/mol. The molecule has 0 aliphatic heterocycles. The van der Waals surface area contributed by atoms with Crippen molar-refractivity contribution in [1.29, 1.82) is 0 Å². The smallest absolute Gasteiger partial charge is 0.305 e. The van der Waals surface area contributed by atoms with Crippen LogP contribution >= 0.6 is 0 Å². The van der Waals surface area contributed by atoms with E-state index in [1.165, 1.54) is 161 Å². The van der Waals surface area contributed by atoms with Gasteiger partial charge in [-0.1, -0.05) is 217 Å². The lowest BCUT2D eigenvalue weighted by Gasteiger charge is -2.20. The van der Waals surface area contributed by atoms with E-state index in [4.69, 9.17) is 4.74 Å². The number of esters is 1. The van der Waals surface area contributed by atoms with Gasteiger partial charge in [0.25, 0.3) is 0 Å². The fourth-order valence-corrected chi connectivity index (χ4v) is 7.72. The van der Waals surface area contributed by atoms with Crippen molar-refractivity contribution in [2.75, 3.05) is 13.2 Å². The summed E-state index contributed by atoms with van der Waals surface area (Å²) in [5.74, 6) is -0.125. The molecule has 0 aromatic heterocycles. The summed E-state index contributed by atoms with van der Waals surface area (Å²) in [5, 5.41) is 23.1. The first kappa shape index (κ1) is 58.8. The van der Waals surface area contributed by atoms with Gasteiger partial charge >= 0.3 is 5.97 Å². The lowest BCUT2D eigenvalue weighted by molar-refractivity contribution is -0.143. The summed E-state index contributed by atoms with van der Waals surface area (Å²) in [7, 11) is 0. The van der Waals surface area contributed by atoms with E-state index < -0.39 is 12.1 Å². The monoisotopic (exact) mass is 856 g/mol. The van der Waals surface area contributed by atoms with E-state index in [9.17, 15) is 19.8 Å². The number of rotatable bonds is 48. The Morgan fingerprint density at radius 1 is 0.459 bits per heavy atom. The zero-order valence-electron chi connectivity index (χ0n) is 40.4. The molecule has 0 aliphatic rings. The zero-order valence-corrected chi connectivity index (χ0v) is 40.4. The van der Waals surface area contributed by atoms with Crippen molar-refractivity contribution in [3.63, 3.8) is 0 Å². The first-order valence-corrected chi connectivity index (χ1v) is 26.4. The van der Waals surface area contributed by atoms with E-state index in [1.807, 2.05) is 6.08 Å². The van der Waals surface area contributed by atoms with Crippen molar-refractivity contribution < 1.29 is 24.5 Å². The van der Waals surface area contributed by atoms with Gasteiger partial charge in [-0.15, -0.1) is 0 Å². The van der Waals surface area contributed by atoms with Crippen molar-refractivity contribution in [1.82, 2.24) is 5.32 Å². The minimum Gasteiger partial charge on any atom is -0.466 e.